The largest absolute Gasteiger partial charge is 0.503 e. The molecule has 3 rings (SSSR count). The summed E-state index contributed by atoms with van der Waals surface area (Å²) in [6.07, 6.45) is 0.682. The summed E-state index contributed by atoms with van der Waals surface area (Å²) in [5, 5.41) is 10.4. The Bertz CT molecular complexity index is 1150. The highest BCUT2D eigenvalue weighted by atomic mass is 32.2. The molecule has 2 heterocycles. The first-order valence-electron chi connectivity index (χ1n) is 10.0. The summed E-state index contributed by atoms with van der Waals surface area (Å²) in [6.45, 7) is 7.43. The van der Waals surface area contributed by atoms with Crippen LogP contribution in [-0.2, 0) is 21.3 Å². The van der Waals surface area contributed by atoms with Crippen molar-refractivity contribution < 1.29 is 27.4 Å². The number of amides is 1. The lowest BCUT2D eigenvalue weighted by Gasteiger charge is -2.35. The lowest BCUT2D eigenvalue weighted by atomic mass is 10.2. The van der Waals surface area contributed by atoms with Gasteiger partial charge in [-0.3, -0.25) is 9.69 Å². The van der Waals surface area contributed by atoms with Crippen LogP contribution in [0.2, 0.25) is 0 Å². The molecule has 1 aliphatic rings. The van der Waals surface area contributed by atoms with Crippen LogP contribution >= 0.6 is 0 Å². The van der Waals surface area contributed by atoms with Crippen LogP contribution in [0.5, 0.6) is 5.75 Å². The van der Waals surface area contributed by atoms with E-state index in [9.17, 15) is 27.5 Å². The van der Waals surface area contributed by atoms with Gasteiger partial charge in [0, 0.05) is 44.5 Å². The number of hydrogen-bond acceptors (Lipinski definition) is 7. The first-order valence-corrected chi connectivity index (χ1v) is 11.5. The van der Waals surface area contributed by atoms with Gasteiger partial charge in [0.25, 0.3) is 10.0 Å². The molecular weight excluding hydrogens is 441 g/mol. The van der Waals surface area contributed by atoms with Gasteiger partial charge in [-0.1, -0.05) is 0 Å². The van der Waals surface area contributed by atoms with Crippen LogP contribution in [0.25, 0.3) is 0 Å². The summed E-state index contributed by atoms with van der Waals surface area (Å²) in [6, 6.07) is 5.41. The van der Waals surface area contributed by atoms with Crippen molar-refractivity contribution in [2.75, 3.05) is 26.2 Å². The van der Waals surface area contributed by atoms with Crippen LogP contribution in [0.15, 0.2) is 46.2 Å². The zero-order chi connectivity index (χ0) is 23.7. The summed E-state index contributed by atoms with van der Waals surface area (Å²) >= 11 is 0. The van der Waals surface area contributed by atoms with E-state index in [1.54, 1.807) is 25.7 Å². The maximum absolute atomic E-state index is 13.1. The molecule has 1 aromatic carbocycles. The highest BCUT2D eigenvalue weighted by molar-refractivity contribution is 7.90. The number of piperazine rings is 1. The van der Waals surface area contributed by atoms with Crippen LogP contribution in [-0.4, -0.2) is 65.2 Å². The summed E-state index contributed by atoms with van der Waals surface area (Å²) < 4.78 is 44.3. The first kappa shape index (κ1) is 23.7. The quantitative estimate of drug-likeness (QED) is 0.732. The van der Waals surface area contributed by atoms with Gasteiger partial charge in [0.1, 0.15) is 11.4 Å². The number of hydrogen-bond donors (Lipinski definition) is 1. The maximum Gasteiger partial charge on any atom is 0.410 e. The SMILES string of the molecule is CC(C)(C)OC(=O)N1CCN(Cc2ccn(S(=O)(=O)c3ccc(F)cc3)c(=O)c2O)CC1. The Kier molecular flexibility index (Phi) is 6.61. The molecule has 1 aromatic heterocycles. The second-order valence-electron chi connectivity index (χ2n) is 8.49. The second-order valence-corrected chi connectivity index (χ2v) is 10.3. The van der Waals surface area contributed by atoms with Crippen LogP contribution in [0.4, 0.5) is 9.18 Å². The Morgan fingerprint density at radius 2 is 1.69 bits per heavy atom. The van der Waals surface area contributed by atoms with Crippen LogP contribution in [0.3, 0.4) is 0 Å². The number of carbonyl (C=O) groups is 1. The normalized spacial score (nSPS) is 15.6. The van der Waals surface area contributed by atoms with Gasteiger partial charge in [-0.15, -0.1) is 0 Å². The predicted octanol–water partition coefficient (Wildman–Crippen LogP) is 1.98. The van der Waals surface area contributed by atoms with E-state index in [4.69, 9.17) is 4.74 Å². The van der Waals surface area contributed by atoms with E-state index in [1.165, 1.54) is 6.07 Å². The van der Waals surface area contributed by atoms with Gasteiger partial charge in [0.05, 0.1) is 4.90 Å². The summed E-state index contributed by atoms with van der Waals surface area (Å²) in [5.74, 6) is -1.28. The third-order valence-corrected chi connectivity index (χ3v) is 6.58. The van der Waals surface area contributed by atoms with E-state index in [0.29, 0.717) is 30.2 Å². The Balaban J connectivity index is 1.71. The minimum atomic E-state index is -4.28. The minimum absolute atomic E-state index is 0.209. The highest BCUT2D eigenvalue weighted by Gasteiger charge is 2.27. The van der Waals surface area contributed by atoms with Gasteiger partial charge in [0.15, 0.2) is 5.75 Å². The van der Waals surface area contributed by atoms with Crippen LogP contribution in [0.1, 0.15) is 26.3 Å². The fourth-order valence-corrected chi connectivity index (χ4v) is 4.47. The van der Waals surface area contributed by atoms with E-state index >= 15 is 0 Å². The average molecular weight is 468 g/mol. The van der Waals surface area contributed by atoms with Crippen LogP contribution in [0, 0.1) is 5.82 Å². The number of aromatic hydroxyl groups is 1. The standard InChI is InChI=1S/C21H26FN3O6S/c1-21(2,3)31-20(28)24-12-10-23(11-13-24)14-15-8-9-25(19(27)18(15)26)32(29,30)17-6-4-16(22)5-7-17/h4-9,26H,10-14H2,1-3H3. The molecule has 1 aliphatic heterocycles. The first-order chi connectivity index (χ1) is 14.9. The third-order valence-electron chi connectivity index (χ3n) is 4.91. The highest BCUT2D eigenvalue weighted by Crippen LogP contribution is 2.19. The topological polar surface area (TPSA) is 109 Å². The molecule has 0 aliphatic carbocycles. The summed E-state index contributed by atoms with van der Waals surface area (Å²) in [5.41, 5.74) is -1.40. The molecule has 0 spiro atoms. The molecule has 1 amide bonds. The second kappa shape index (κ2) is 8.91. The molecular formula is C21H26FN3O6S. The van der Waals surface area contributed by atoms with Crippen LogP contribution < -0.4 is 5.56 Å². The fraction of sp³-hybridized carbons (Fsp3) is 0.429. The number of pyridine rings is 1. The zero-order valence-corrected chi connectivity index (χ0v) is 18.9. The Labute approximate surface area is 185 Å². The number of rotatable bonds is 4. The van der Waals surface area contributed by atoms with E-state index in [0.717, 1.165) is 30.5 Å². The third kappa shape index (κ3) is 5.28. The van der Waals surface area contributed by atoms with Crippen molar-refractivity contribution in [2.45, 2.75) is 37.8 Å². The molecule has 1 fully saturated rings. The Morgan fingerprint density at radius 1 is 1.09 bits per heavy atom. The average Bonchev–Trinajstić information content (AvgIpc) is 2.71. The van der Waals surface area contributed by atoms with Gasteiger partial charge in [-0.2, -0.15) is 0 Å². The summed E-state index contributed by atoms with van der Waals surface area (Å²) in [4.78, 5) is 28.0. The zero-order valence-electron chi connectivity index (χ0n) is 18.1. The van der Waals surface area contributed by atoms with Gasteiger partial charge in [-0.05, 0) is 51.1 Å². The molecule has 9 nitrogen and oxygen atoms in total. The van der Waals surface area contributed by atoms with Crippen molar-refractivity contribution >= 4 is 16.1 Å². The molecule has 0 unspecified atom stereocenters. The molecule has 0 bridgehead atoms. The number of carbonyl (C=O) groups excluding carboxylic acids is 1. The van der Waals surface area contributed by atoms with Crippen molar-refractivity contribution in [1.29, 1.82) is 0 Å². The molecule has 2 aromatic rings. The number of aromatic nitrogens is 1. The van der Waals surface area contributed by atoms with Crippen molar-refractivity contribution in [2.24, 2.45) is 0 Å². The maximum atomic E-state index is 13.1. The van der Waals surface area contributed by atoms with Crippen molar-refractivity contribution in [3.63, 3.8) is 0 Å². The lowest BCUT2D eigenvalue weighted by molar-refractivity contribution is 0.0138. The number of ether oxygens (including phenoxy) is 1. The minimum Gasteiger partial charge on any atom is -0.503 e. The van der Waals surface area contributed by atoms with Gasteiger partial charge in [-0.25, -0.2) is 21.6 Å². The van der Waals surface area contributed by atoms with Crippen molar-refractivity contribution in [3.05, 3.63) is 58.3 Å². The molecule has 0 radical (unpaired) electrons. The lowest BCUT2D eigenvalue weighted by Crippen LogP contribution is -2.49. The van der Waals surface area contributed by atoms with Gasteiger partial charge in [0.2, 0.25) is 0 Å². The van der Waals surface area contributed by atoms with Gasteiger partial charge < -0.3 is 14.7 Å². The monoisotopic (exact) mass is 467 g/mol. The Hall–Kier alpha value is -2.92. The van der Waals surface area contributed by atoms with Crippen molar-refractivity contribution in [1.82, 2.24) is 13.8 Å². The number of benzene rings is 1. The van der Waals surface area contributed by atoms with Gasteiger partial charge >= 0.3 is 11.7 Å². The summed E-state index contributed by atoms with van der Waals surface area (Å²) in [7, 11) is -4.28. The van der Waals surface area contributed by atoms with E-state index in [1.807, 2.05) is 4.90 Å². The molecule has 1 saturated heterocycles. The van der Waals surface area contributed by atoms with E-state index in [-0.39, 0.29) is 17.0 Å². The molecule has 11 heteroatoms. The predicted molar refractivity (Wildman–Crippen MR) is 114 cm³/mol. The Morgan fingerprint density at radius 3 is 2.25 bits per heavy atom. The molecule has 0 saturated carbocycles. The molecule has 0 atom stereocenters. The molecule has 32 heavy (non-hydrogen) atoms. The number of halogens is 1. The van der Waals surface area contributed by atoms with E-state index < -0.39 is 38.8 Å². The number of nitrogens with zero attached hydrogens (tertiary/aromatic N) is 3. The molecule has 174 valence electrons. The smallest absolute Gasteiger partial charge is 0.410 e. The fourth-order valence-electron chi connectivity index (χ4n) is 3.24. The molecule has 1 N–H and O–H groups in total. The van der Waals surface area contributed by atoms with Crippen molar-refractivity contribution in [3.8, 4) is 5.75 Å². The van der Waals surface area contributed by atoms with E-state index in [2.05, 4.69) is 0 Å².